The average Bonchev–Trinajstić information content (AvgIpc) is 3.51. The number of pyridine rings is 1. The topological polar surface area (TPSA) is 93.5 Å². The maximum Gasteiger partial charge on any atom is 0.320 e. The number of amides is 2. The molecular formula is C29H32N6O3. The molecule has 1 saturated heterocycles. The first kappa shape index (κ1) is 25.1. The van der Waals surface area contributed by atoms with Crippen LogP contribution in [-0.2, 0) is 0 Å². The van der Waals surface area contributed by atoms with E-state index >= 15 is 0 Å². The van der Waals surface area contributed by atoms with Gasteiger partial charge in [-0.15, -0.1) is 5.10 Å². The van der Waals surface area contributed by atoms with Crippen LogP contribution in [0.1, 0.15) is 24.0 Å². The number of ether oxygens (including phenoxy) is 2. The molecule has 3 heterocycles. The van der Waals surface area contributed by atoms with Crippen molar-refractivity contribution in [1.82, 2.24) is 20.1 Å². The van der Waals surface area contributed by atoms with Gasteiger partial charge in [0.2, 0.25) is 11.8 Å². The summed E-state index contributed by atoms with van der Waals surface area (Å²) in [5.41, 5.74) is 3.77. The first-order valence-corrected chi connectivity index (χ1v) is 12.7. The van der Waals surface area contributed by atoms with Crippen molar-refractivity contribution in [3.05, 3.63) is 90.1 Å². The van der Waals surface area contributed by atoms with Crippen molar-refractivity contribution in [3.63, 3.8) is 0 Å². The lowest BCUT2D eigenvalue weighted by Crippen LogP contribution is -2.42. The summed E-state index contributed by atoms with van der Waals surface area (Å²) in [6, 6.07) is 23.4. The molecule has 9 nitrogen and oxygen atoms in total. The lowest BCUT2D eigenvalue weighted by atomic mass is 9.94. The highest BCUT2D eigenvalue weighted by Crippen LogP contribution is 2.33. The summed E-state index contributed by atoms with van der Waals surface area (Å²) < 4.78 is 12.8. The molecule has 0 radical (unpaired) electrons. The second-order valence-corrected chi connectivity index (χ2v) is 9.14. The number of anilines is 2. The smallest absolute Gasteiger partial charge is 0.320 e. The molecule has 0 spiro atoms. The number of urea groups is 1. The highest BCUT2D eigenvalue weighted by Gasteiger charge is 2.35. The van der Waals surface area contributed by atoms with Crippen LogP contribution in [0.2, 0.25) is 0 Å². The van der Waals surface area contributed by atoms with Gasteiger partial charge in [-0.05, 0) is 37.6 Å². The number of carbonyl (C=O) groups is 1. The van der Waals surface area contributed by atoms with Gasteiger partial charge >= 0.3 is 6.03 Å². The number of aromatic nitrogens is 3. The number of carbonyl (C=O) groups excluding carboxylic acids is 1. The zero-order chi connectivity index (χ0) is 26.5. The van der Waals surface area contributed by atoms with E-state index in [0.29, 0.717) is 30.7 Å². The normalized spacial score (nSPS) is 16.8. The summed E-state index contributed by atoms with van der Waals surface area (Å²) in [6.45, 7) is 5.68. The Balaban J connectivity index is 1.40. The predicted octanol–water partition coefficient (Wildman–Crippen LogP) is 4.78. The lowest BCUT2D eigenvalue weighted by Gasteiger charge is -2.20. The van der Waals surface area contributed by atoms with Crippen LogP contribution in [0.25, 0.3) is 5.69 Å². The highest BCUT2D eigenvalue weighted by molar-refractivity contribution is 5.90. The third-order valence-corrected chi connectivity index (χ3v) is 6.75. The summed E-state index contributed by atoms with van der Waals surface area (Å²) in [4.78, 5) is 19.9. The van der Waals surface area contributed by atoms with Crippen molar-refractivity contribution < 1.29 is 14.3 Å². The first-order chi connectivity index (χ1) is 18.6. The van der Waals surface area contributed by atoms with Crippen LogP contribution in [0.5, 0.6) is 11.8 Å². The van der Waals surface area contributed by atoms with Gasteiger partial charge in [-0.1, -0.05) is 48.5 Å². The molecule has 2 atom stereocenters. The number of hydrogen-bond acceptors (Lipinski definition) is 6. The van der Waals surface area contributed by atoms with E-state index in [0.717, 1.165) is 23.5 Å². The molecule has 0 unspecified atom stereocenters. The SMILES string of the molecule is CCOc1nn(-c2ccccc2)c(NC(=O)N[C@@H]2CN(c3ccnc(OC)c3)C[C@H]2c2ccccc2)c1C. The molecule has 196 valence electrons. The molecule has 5 rings (SSSR count). The van der Waals surface area contributed by atoms with Crippen LogP contribution in [0, 0.1) is 6.92 Å². The fraction of sp³-hybridized carbons (Fsp3) is 0.276. The van der Waals surface area contributed by atoms with Crippen molar-refractivity contribution in [2.24, 2.45) is 0 Å². The monoisotopic (exact) mass is 512 g/mol. The van der Waals surface area contributed by atoms with Gasteiger partial charge in [0.15, 0.2) is 0 Å². The Kier molecular flexibility index (Phi) is 7.44. The number of methoxy groups -OCH3 is 1. The van der Waals surface area contributed by atoms with Gasteiger partial charge in [0.1, 0.15) is 5.82 Å². The molecule has 1 fully saturated rings. The maximum atomic E-state index is 13.4. The zero-order valence-electron chi connectivity index (χ0n) is 21.8. The van der Waals surface area contributed by atoms with E-state index < -0.39 is 0 Å². The van der Waals surface area contributed by atoms with Gasteiger partial charge in [-0.25, -0.2) is 14.5 Å². The summed E-state index contributed by atoms with van der Waals surface area (Å²) in [6.07, 6.45) is 1.74. The quantitative estimate of drug-likeness (QED) is 0.353. The second kappa shape index (κ2) is 11.2. The minimum atomic E-state index is -0.298. The summed E-state index contributed by atoms with van der Waals surface area (Å²) in [5.74, 6) is 1.72. The van der Waals surface area contributed by atoms with Crippen molar-refractivity contribution >= 4 is 17.5 Å². The third kappa shape index (κ3) is 5.27. The predicted molar refractivity (Wildman–Crippen MR) is 148 cm³/mol. The standard InChI is InChI=1S/C29H32N6O3/c1-4-38-28-20(2)27(35(33-28)22-13-9-6-10-14-22)32-29(36)31-25-19-34(23-15-16-30-26(17-23)37-3)18-24(25)21-11-7-5-8-12-21/h5-17,24-25H,4,18-19H2,1-3H3,(H2,31,32,36)/t24-,25+/m0/s1. The van der Waals surface area contributed by atoms with Crippen molar-refractivity contribution in [3.8, 4) is 17.4 Å². The Hall–Kier alpha value is -4.53. The van der Waals surface area contributed by atoms with E-state index in [-0.39, 0.29) is 18.0 Å². The van der Waals surface area contributed by atoms with E-state index in [2.05, 4.69) is 37.7 Å². The second-order valence-electron chi connectivity index (χ2n) is 9.14. The Morgan fingerprint density at radius 2 is 1.76 bits per heavy atom. The van der Waals surface area contributed by atoms with Crippen molar-refractivity contribution in [1.29, 1.82) is 0 Å². The minimum absolute atomic E-state index is 0.0974. The number of benzene rings is 2. The molecule has 2 N–H and O–H groups in total. The highest BCUT2D eigenvalue weighted by atomic mass is 16.5. The van der Waals surface area contributed by atoms with Gasteiger partial charge in [0, 0.05) is 37.0 Å². The number of para-hydroxylation sites is 1. The molecule has 1 aliphatic heterocycles. The lowest BCUT2D eigenvalue weighted by molar-refractivity contribution is 0.248. The summed E-state index contributed by atoms with van der Waals surface area (Å²) in [5, 5.41) is 10.9. The van der Waals surface area contributed by atoms with Crippen LogP contribution in [0.4, 0.5) is 16.3 Å². The Morgan fingerprint density at radius 1 is 1.03 bits per heavy atom. The van der Waals surface area contributed by atoms with E-state index in [4.69, 9.17) is 9.47 Å². The van der Waals surface area contributed by atoms with Gasteiger partial charge < -0.3 is 19.7 Å². The van der Waals surface area contributed by atoms with Crippen molar-refractivity contribution in [2.75, 3.05) is 37.0 Å². The minimum Gasteiger partial charge on any atom is -0.481 e. The third-order valence-electron chi connectivity index (χ3n) is 6.75. The number of rotatable bonds is 8. The van der Waals surface area contributed by atoms with Gasteiger partial charge in [-0.3, -0.25) is 5.32 Å². The Labute approximate surface area is 222 Å². The van der Waals surface area contributed by atoms with Crippen LogP contribution in [0.3, 0.4) is 0 Å². The molecule has 1 aliphatic rings. The molecule has 2 amide bonds. The van der Waals surface area contributed by atoms with E-state index in [1.54, 1.807) is 18.0 Å². The van der Waals surface area contributed by atoms with Gasteiger partial charge in [0.05, 0.1) is 31.0 Å². The number of nitrogens with zero attached hydrogens (tertiary/aromatic N) is 4. The van der Waals surface area contributed by atoms with E-state index in [1.165, 1.54) is 5.56 Å². The van der Waals surface area contributed by atoms with Gasteiger partial charge in [0.25, 0.3) is 0 Å². The molecule has 38 heavy (non-hydrogen) atoms. The van der Waals surface area contributed by atoms with E-state index in [1.807, 2.05) is 74.5 Å². The zero-order valence-corrected chi connectivity index (χ0v) is 21.8. The molecule has 9 heteroatoms. The Morgan fingerprint density at radius 3 is 2.47 bits per heavy atom. The van der Waals surface area contributed by atoms with Crippen LogP contribution in [0.15, 0.2) is 79.0 Å². The molecule has 0 saturated carbocycles. The average molecular weight is 513 g/mol. The van der Waals surface area contributed by atoms with E-state index in [9.17, 15) is 4.79 Å². The van der Waals surface area contributed by atoms with Gasteiger partial charge in [-0.2, -0.15) is 0 Å². The van der Waals surface area contributed by atoms with Crippen LogP contribution in [-0.4, -0.2) is 53.6 Å². The fourth-order valence-electron chi connectivity index (χ4n) is 4.87. The summed E-state index contributed by atoms with van der Waals surface area (Å²) in [7, 11) is 1.61. The molecule has 0 bridgehead atoms. The first-order valence-electron chi connectivity index (χ1n) is 12.7. The fourth-order valence-corrected chi connectivity index (χ4v) is 4.87. The Bertz CT molecular complexity index is 1380. The molecule has 0 aliphatic carbocycles. The van der Waals surface area contributed by atoms with Crippen molar-refractivity contribution in [2.45, 2.75) is 25.8 Å². The molecule has 4 aromatic rings. The largest absolute Gasteiger partial charge is 0.481 e. The van der Waals surface area contributed by atoms with Crippen LogP contribution < -0.4 is 25.0 Å². The molecular weight excluding hydrogens is 480 g/mol. The maximum absolute atomic E-state index is 13.4. The number of hydrogen-bond donors (Lipinski definition) is 2. The molecule has 2 aromatic heterocycles. The molecule has 2 aromatic carbocycles. The number of nitrogens with one attached hydrogen (secondary N) is 2. The van der Waals surface area contributed by atoms with Crippen LogP contribution >= 0.6 is 0 Å². The summed E-state index contributed by atoms with van der Waals surface area (Å²) >= 11 is 0.